The Morgan fingerprint density at radius 1 is 1.21 bits per heavy atom. The van der Waals surface area contributed by atoms with E-state index < -0.39 is 12.2 Å². The van der Waals surface area contributed by atoms with Crippen LogP contribution in [-0.4, -0.2) is 36.9 Å². The number of aromatic nitrogens is 5. The quantitative estimate of drug-likeness (QED) is 0.443. The molecule has 13 heteroatoms. The third-order valence-electron chi connectivity index (χ3n) is 5.40. The van der Waals surface area contributed by atoms with Crippen LogP contribution in [0.15, 0.2) is 53.6 Å². The molecule has 1 aliphatic rings. The average molecular weight is 519 g/mol. The Morgan fingerprint density at radius 3 is 2.65 bits per heavy atom. The van der Waals surface area contributed by atoms with Crippen molar-refractivity contribution >= 4 is 55.9 Å². The Morgan fingerprint density at radius 2 is 1.94 bits per heavy atom. The molecule has 4 aromatic rings. The van der Waals surface area contributed by atoms with E-state index in [1.165, 1.54) is 15.3 Å². The molecule has 4 heterocycles. The minimum Gasteiger partial charge on any atom is -0.368 e. The molecule has 3 aromatic heterocycles. The predicted octanol–water partition coefficient (Wildman–Crippen LogP) is 2.90. The second-order valence-corrected chi connectivity index (χ2v) is 7.78. The Bertz CT molecular complexity index is 1440. The molecule has 0 saturated carbocycles. The van der Waals surface area contributed by atoms with Gasteiger partial charge in [-0.3, -0.25) is 9.36 Å². The zero-order valence-electron chi connectivity index (χ0n) is 17.6. The maximum Gasteiger partial charge on any atom is 0.284 e. The van der Waals surface area contributed by atoms with Crippen LogP contribution in [0.3, 0.4) is 0 Å². The van der Waals surface area contributed by atoms with Gasteiger partial charge >= 0.3 is 0 Å². The van der Waals surface area contributed by atoms with Gasteiger partial charge in [-0.2, -0.15) is 42.3 Å². The summed E-state index contributed by atoms with van der Waals surface area (Å²) in [4.78, 5) is 23.2. The number of benzene rings is 1. The van der Waals surface area contributed by atoms with Crippen molar-refractivity contribution in [3.05, 3.63) is 75.6 Å². The summed E-state index contributed by atoms with van der Waals surface area (Å²) in [5.41, 5.74) is 6.28. The third-order valence-corrected chi connectivity index (χ3v) is 5.71. The van der Waals surface area contributed by atoms with Crippen molar-refractivity contribution in [3.63, 3.8) is 0 Å². The van der Waals surface area contributed by atoms with E-state index in [2.05, 4.69) is 15.1 Å². The maximum absolute atomic E-state index is 14.7. The summed E-state index contributed by atoms with van der Waals surface area (Å²) in [6.07, 6.45) is 1.70. The van der Waals surface area contributed by atoms with Gasteiger partial charge in [0, 0.05) is 12.6 Å². The first-order chi connectivity index (χ1) is 15.5. The summed E-state index contributed by atoms with van der Waals surface area (Å²) in [6.45, 7) is -0.0368. The van der Waals surface area contributed by atoms with Crippen LogP contribution in [-0.2, 0) is 0 Å². The van der Waals surface area contributed by atoms with Crippen molar-refractivity contribution in [1.29, 1.82) is 5.26 Å². The zero-order chi connectivity index (χ0) is 22.4. The lowest BCUT2D eigenvalue weighted by molar-refractivity contribution is 0.354. The van der Waals surface area contributed by atoms with Gasteiger partial charge in [0.05, 0.1) is 29.5 Å². The lowest BCUT2D eigenvalue weighted by atomic mass is 10.1. The van der Waals surface area contributed by atoms with E-state index in [4.69, 9.17) is 17.3 Å². The molecule has 0 aliphatic carbocycles. The molecule has 0 spiro atoms. The van der Waals surface area contributed by atoms with Crippen molar-refractivity contribution in [3.8, 4) is 11.8 Å². The van der Waals surface area contributed by atoms with Crippen LogP contribution in [0, 0.1) is 11.3 Å². The predicted molar refractivity (Wildman–Crippen MR) is 137 cm³/mol. The van der Waals surface area contributed by atoms with Gasteiger partial charge in [-0.25, -0.2) is 13.9 Å². The van der Waals surface area contributed by atoms with Gasteiger partial charge in [0.2, 0.25) is 5.95 Å². The van der Waals surface area contributed by atoms with E-state index in [9.17, 15) is 14.4 Å². The number of para-hydroxylation sites is 1. The molecule has 2 N–H and O–H groups in total. The van der Waals surface area contributed by atoms with Crippen LogP contribution in [0.2, 0.25) is 5.02 Å². The number of rotatable bonds is 3. The van der Waals surface area contributed by atoms with E-state index in [1.54, 1.807) is 41.4 Å². The lowest BCUT2D eigenvalue weighted by Gasteiger charge is -2.27. The summed E-state index contributed by atoms with van der Waals surface area (Å²) in [5, 5.41) is 14.4. The average Bonchev–Trinajstić information content (AvgIpc) is 3.36. The summed E-state index contributed by atoms with van der Waals surface area (Å²) in [7, 11) is 0. The number of nitrogens with zero attached hydrogens (tertiary/aromatic N) is 7. The van der Waals surface area contributed by atoms with Crippen LogP contribution in [0.1, 0.15) is 23.9 Å². The number of fused-ring (bicyclic) bond motifs is 1. The third kappa shape index (κ3) is 4.18. The molecule has 0 bridgehead atoms. The Hall–Kier alpha value is -3.27. The molecule has 0 unspecified atom stereocenters. The molecule has 176 valence electrons. The standard InChI is InChI=1S/C21H16ClFN8O.2H2S/c22-15-6-7-30-17(15)20(32)31(14-4-2-1-3-5-14)19(28-30)16-8-13(23)11-29(16)18-12(9-24)10-26-21(25)27-18;;/h1-7,10,13,16H,8,11H2,(H2,25,26,27);2*1H2/t13-,16-;;/m0../s1. The van der Waals surface area contributed by atoms with Crippen molar-refractivity contribution in [2.75, 3.05) is 17.2 Å². The van der Waals surface area contributed by atoms with Crippen molar-refractivity contribution in [2.24, 2.45) is 0 Å². The molecule has 0 radical (unpaired) electrons. The molecule has 1 aliphatic heterocycles. The van der Waals surface area contributed by atoms with Crippen molar-refractivity contribution in [1.82, 2.24) is 24.1 Å². The van der Waals surface area contributed by atoms with Gasteiger partial charge in [0.25, 0.3) is 5.56 Å². The minimum absolute atomic E-state index is 0. The van der Waals surface area contributed by atoms with Crippen LogP contribution < -0.4 is 16.2 Å². The monoisotopic (exact) mass is 518 g/mol. The number of nitriles is 1. The van der Waals surface area contributed by atoms with Gasteiger partial charge < -0.3 is 10.6 Å². The summed E-state index contributed by atoms with van der Waals surface area (Å²) >= 11 is 6.24. The first-order valence-corrected chi connectivity index (χ1v) is 10.1. The van der Waals surface area contributed by atoms with E-state index in [1.807, 2.05) is 12.1 Å². The van der Waals surface area contributed by atoms with E-state index in [-0.39, 0.29) is 73.4 Å². The largest absolute Gasteiger partial charge is 0.368 e. The van der Waals surface area contributed by atoms with E-state index in [0.717, 1.165) is 0 Å². The molecule has 34 heavy (non-hydrogen) atoms. The molecular formula is C21H20ClFN8OS2. The lowest BCUT2D eigenvalue weighted by Crippen LogP contribution is -2.33. The smallest absolute Gasteiger partial charge is 0.284 e. The highest BCUT2D eigenvalue weighted by Crippen LogP contribution is 2.37. The summed E-state index contributed by atoms with van der Waals surface area (Å²) in [6, 6.07) is 11.8. The van der Waals surface area contributed by atoms with E-state index >= 15 is 0 Å². The number of hydrogen-bond acceptors (Lipinski definition) is 7. The molecule has 0 amide bonds. The number of hydrogen-bond donors (Lipinski definition) is 1. The van der Waals surface area contributed by atoms with Crippen LogP contribution in [0.4, 0.5) is 16.2 Å². The number of nitrogens with two attached hydrogens (primary N) is 1. The van der Waals surface area contributed by atoms with Gasteiger partial charge in [-0.1, -0.05) is 29.8 Å². The topological polar surface area (TPSA) is 118 Å². The van der Waals surface area contributed by atoms with Gasteiger partial charge in [-0.05, 0) is 18.2 Å². The SMILES string of the molecule is N#Cc1cnc(N)nc1N1C[C@@H](F)C[C@H]1c1nn2ccc(Cl)c2c(=O)n1-c1ccccc1.S.S. The second kappa shape index (κ2) is 9.92. The fourth-order valence-electron chi connectivity index (χ4n) is 4.04. The minimum atomic E-state index is -1.23. The van der Waals surface area contributed by atoms with Crippen LogP contribution in [0.5, 0.6) is 0 Å². The van der Waals surface area contributed by atoms with E-state index in [0.29, 0.717) is 11.5 Å². The highest BCUT2D eigenvalue weighted by molar-refractivity contribution is 7.59. The van der Waals surface area contributed by atoms with Crippen molar-refractivity contribution < 1.29 is 4.39 Å². The fourth-order valence-corrected chi connectivity index (χ4v) is 4.26. The highest BCUT2D eigenvalue weighted by atomic mass is 35.5. The van der Waals surface area contributed by atoms with Crippen molar-refractivity contribution in [2.45, 2.75) is 18.6 Å². The number of nitrogen functional groups attached to an aromatic ring is 1. The Kier molecular flexibility index (Phi) is 7.40. The number of halogens is 2. The number of anilines is 2. The fraction of sp³-hybridized carbons (Fsp3) is 0.190. The van der Waals surface area contributed by atoms with Gasteiger partial charge in [0.15, 0.2) is 11.6 Å². The molecule has 5 rings (SSSR count). The highest BCUT2D eigenvalue weighted by Gasteiger charge is 2.39. The molecule has 1 aromatic carbocycles. The molecule has 1 fully saturated rings. The van der Waals surface area contributed by atoms with Gasteiger partial charge in [0.1, 0.15) is 23.3 Å². The van der Waals surface area contributed by atoms with Crippen LogP contribution >= 0.6 is 38.6 Å². The first-order valence-electron chi connectivity index (χ1n) is 9.76. The Labute approximate surface area is 212 Å². The molecule has 2 atom stereocenters. The molecule has 9 nitrogen and oxygen atoms in total. The van der Waals surface area contributed by atoms with Gasteiger partial charge in [-0.15, -0.1) is 0 Å². The first kappa shape index (κ1) is 25.4. The zero-order valence-corrected chi connectivity index (χ0v) is 20.3. The molecule has 1 saturated heterocycles. The summed E-state index contributed by atoms with van der Waals surface area (Å²) < 4.78 is 17.6. The number of alkyl halides is 1. The normalized spacial score (nSPS) is 17.1. The second-order valence-electron chi connectivity index (χ2n) is 7.37. The molecular weight excluding hydrogens is 499 g/mol. The van der Waals surface area contributed by atoms with Crippen LogP contribution in [0.25, 0.3) is 11.2 Å². The Balaban J connectivity index is 0.00000162. The summed E-state index contributed by atoms with van der Waals surface area (Å²) in [5.74, 6) is 0.452. The maximum atomic E-state index is 14.7.